The van der Waals surface area contributed by atoms with Gasteiger partial charge in [-0.1, -0.05) is 12.1 Å². The van der Waals surface area contributed by atoms with Gasteiger partial charge in [0.25, 0.3) is 11.8 Å². The molecule has 27 heavy (non-hydrogen) atoms. The summed E-state index contributed by atoms with van der Waals surface area (Å²) in [5.74, 6) is 0.626. The number of amides is 2. The Balaban J connectivity index is 1.93. The third-order valence-corrected chi connectivity index (χ3v) is 5.17. The van der Waals surface area contributed by atoms with Crippen LogP contribution in [0.25, 0.3) is 10.1 Å². The van der Waals surface area contributed by atoms with Gasteiger partial charge in [-0.25, -0.2) is 4.98 Å². The van der Waals surface area contributed by atoms with Crippen molar-refractivity contribution in [2.24, 2.45) is 5.73 Å². The molecule has 7 nitrogen and oxygen atoms in total. The zero-order valence-corrected chi connectivity index (χ0v) is 15.9. The summed E-state index contributed by atoms with van der Waals surface area (Å²) in [5.41, 5.74) is 6.81. The Morgan fingerprint density at radius 2 is 2.00 bits per heavy atom. The van der Waals surface area contributed by atoms with Gasteiger partial charge < -0.3 is 21.1 Å². The van der Waals surface area contributed by atoms with E-state index >= 15 is 0 Å². The highest BCUT2D eigenvalue weighted by molar-refractivity contribution is 7.21. The van der Waals surface area contributed by atoms with Crippen LogP contribution in [0.1, 0.15) is 32.5 Å². The largest absolute Gasteiger partial charge is 0.497 e. The minimum absolute atomic E-state index is 0.185. The van der Waals surface area contributed by atoms with E-state index in [-0.39, 0.29) is 5.91 Å². The molecule has 0 aliphatic rings. The van der Waals surface area contributed by atoms with Crippen LogP contribution in [0.3, 0.4) is 0 Å². The summed E-state index contributed by atoms with van der Waals surface area (Å²) in [5, 5.41) is 6.73. The number of aromatic nitrogens is 1. The number of thiophene rings is 1. The van der Waals surface area contributed by atoms with Crippen LogP contribution in [0.5, 0.6) is 5.75 Å². The Kier molecular flexibility index (Phi) is 5.56. The number of benzene rings is 1. The number of ether oxygens (including phenoxy) is 1. The average molecular weight is 384 g/mol. The van der Waals surface area contributed by atoms with Crippen molar-refractivity contribution in [3.63, 3.8) is 0 Å². The fourth-order valence-electron chi connectivity index (χ4n) is 2.63. The third-order valence-electron chi connectivity index (χ3n) is 4.00. The van der Waals surface area contributed by atoms with Crippen molar-refractivity contribution in [3.8, 4) is 5.75 Å². The first-order valence-electron chi connectivity index (χ1n) is 8.40. The van der Waals surface area contributed by atoms with Crippen molar-refractivity contribution >= 4 is 39.1 Å². The van der Waals surface area contributed by atoms with E-state index in [2.05, 4.69) is 15.6 Å². The summed E-state index contributed by atoms with van der Waals surface area (Å²) in [7, 11) is 1.62. The number of methoxy groups -OCH3 is 1. The normalized spacial score (nSPS) is 10.6. The van der Waals surface area contributed by atoms with Gasteiger partial charge in [0.15, 0.2) is 0 Å². The Labute approximate surface area is 160 Å². The molecule has 4 N–H and O–H groups in total. The summed E-state index contributed by atoms with van der Waals surface area (Å²) < 4.78 is 5.81. The molecule has 8 heteroatoms. The molecule has 2 heterocycles. The summed E-state index contributed by atoms with van der Waals surface area (Å²) in [6.07, 6.45) is 1.44. The van der Waals surface area contributed by atoms with Gasteiger partial charge in [-0.3, -0.25) is 9.59 Å². The predicted octanol–water partition coefficient (Wildman–Crippen LogP) is 2.77. The second-order valence-electron chi connectivity index (χ2n) is 5.80. The van der Waals surface area contributed by atoms with Gasteiger partial charge in [0.05, 0.1) is 22.3 Å². The van der Waals surface area contributed by atoms with Gasteiger partial charge in [0.1, 0.15) is 11.6 Å². The molecule has 0 spiro atoms. The van der Waals surface area contributed by atoms with Crippen LogP contribution in [0, 0.1) is 0 Å². The minimum Gasteiger partial charge on any atom is -0.497 e. The minimum atomic E-state index is -0.571. The van der Waals surface area contributed by atoms with Crippen LogP contribution in [-0.4, -0.2) is 30.5 Å². The number of carbonyl (C=O) groups excluding carboxylic acids is 2. The number of rotatable bonds is 7. The lowest BCUT2D eigenvalue weighted by Gasteiger charge is -2.09. The van der Waals surface area contributed by atoms with Crippen molar-refractivity contribution in [1.29, 1.82) is 0 Å². The maximum absolute atomic E-state index is 12.2. The molecule has 2 amide bonds. The lowest BCUT2D eigenvalue weighted by atomic mass is 10.2. The lowest BCUT2D eigenvalue weighted by molar-refractivity contribution is 0.0958. The molecule has 0 saturated carbocycles. The molecule has 0 saturated heterocycles. The van der Waals surface area contributed by atoms with E-state index in [1.807, 2.05) is 31.2 Å². The fraction of sp³-hybridized carbons (Fsp3) is 0.211. The van der Waals surface area contributed by atoms with Crippen LogP contribution >= 0.6 is 11.3 Å². The standard InChI is InChI=1S/C19H20N4O3S/c1-3-21-19(25)15-8-13-16(27-15)14(17(20)24)10-23-18(13)22-9-11-4-6-12(26-2)7-5-11/h4-8,10H,3,9H2,1-2H3,(H2,20,24)(H,21,25)(H,22,23). The van der Waals surface area contributed by atoms with Crippen LogP contribution < -0.4 is 21.1 Å². The first kappa shape index (κ1) is 18.7. The van der Waals surface area contributed by atoms with E-state index in [0.717, 1.165) is 11.3 Å². The number of anilines is 1. The highest BCUT2D eigenvalue weighted by atomic mass is 32.1. The average Bonchev–Trinajstić information content (AvgIpc) is 3.12. The van der Waals surface area contributed by atoms with Gasteiger partial charge >= 0.3 is 0 Å². The van der Waals surface area contributed by atoms with Crippen LogP contribution in [0.4, 0.5) is 5.82 Å². The SMILES string of the molecule is CCNC(=O)c1cc2c(NCc3ccc(OC)cc3)ncc(C(N)=O)c2s1. The molecule has 0 bridgehead atoms. The summed E-state index contributed by atoms with van der Waals surface area (Å²) in [6.45, 7) is 2.91. The Bertz CT molecular complexity index is 983. The molecule has 0 radical (unpaired) electrons. The first-order valence-corrected chi connectivity index (χ1v) is 9.22. The monoisotopic (exact) mass is 384 g/mol. The number of carbonyl (C=O) groups is 2. The van der Waals surface area contributed by atoms with E-state index in [9.17, 15) is 9.59 Å². The topological polar surface area (TPSA) is 106 Å². The van der Waals surface area contributed by atoms with Crippen molar-refractivity contribution in [2.45, 2.75) is 13.5 Å². The van der Waals surface area contributed by atoms with Crippen molar-refractivity contribution < 1.29 is 14.3 Å². The number of fused-ring (bicyclic) bond motifs is 1. The van der Waals surface area contributed by atoms with E-state index in [1.54, 1.807) is 13.2 Å². The first-order chi connectivity index (χ1) is 13.0. The highest BCUT2D eigenvalue weighted by Crippen LogP contribution is 2.33. The number of primary amides is 1. The number of nitrogens with two attached hydrogens (primary N) is 1. The molecule has 1 aromatic carbocycles. The number of hydrogen-bond acceptors (Lipinski definition) is 6. The van der Waals surface area contributed by atoms with Crippen molar-refractivity contribution in [1.82, 2.24) is 10.3 Å². The number of pyridine rings is 1. The highest BCUT2D eigenvalue weighted by Gasteiger charge is 2.18. The number of hydrogen-bond donors (Lipinski definition) is 3. The van der Waals surface area contributed by atoms with Crippen molar-refractivity contribution in [3.05, 3.63) is 52.5 Å². The second kappa shape index (κ2) is 8.05. The molecule has 0 atom stereocenters. The van der Waals surface area contributed by atoms with Gasteiger partial charge in [-0.2, -0.15) is 0 Å². The zero-order valence-electron chi connectivity index (χ0n) is 15.0. The molecular weight excluding hydrogens is 364 g/mol. The Morgan fingerprint density at radius 1 is 1.26 bits per heavy atom. The summed E-state index contributed by atoms with van der Waals surface area (Å²) in [4.78, 5) is 28.7. The molecule has 3 aromatic rings. The summed E-state index contributed by atoms with van der Waals surface area (Å²) in [6, 6.07) is 9.41. The van der Waals surface area contributed by atoms with Gasteiger partial charge in [0, 0.05) is 24.7 Å². The zero-order chi connectivity index (χ0) is 19.4. The molecule has 2 aromatic heterocycles. The molecule has 140 valence electrons. The molecule has 3 rings (SSSR count). The van der Waals surface area contributed by atoms with Gasteiger partial charge in [0.2, 0.25) is 0 Å². The molecule has 0 aliphatic heterocycles. The quantitative estimate of drug-likeness (QED) is 0.581. The summed E-state index contributed by atoms with van der Waals surface area (Å²) >= 11 is 1.23. The molecule has 0 aliphatic carbocycles. The predicted molar refractivity (Wildman–Crippen MR) is 106 cm³/mol. The van der Waals surface area contributed by atoms with E-state index < -0.39 is 5.91 Å². The second-order valence-corrected chi connectivity index (χ2v) is 6.85. The molecular formula is C19H20N4O3S. The third kappa shape index (κ3) is 4.01. The van der Waals surface area contributed by atoms with E-state index in [4.69, 9.17) is 10.5 Å². The van der Waals surface area contributed by atoms with Crippen LogP contribution in [-0.2, 0) is 6.54 Å². The number of nitrogens with one attached hydrogen (secondary N) is 2. The Hall–Kier alpha value is -3.13. The maximum Gasteiger partial charge on any atom is 0.261 e. The van der Waals surface area contributed by atoms with E-state index in [1.165, 1.54) is 17.5 Å². The number of nitrogens with zero attached hydrogens (tertiary/aromatic N) is 1. The lowest BCUT2D eigenvalue weighted by Crippen LogP contribution is -2.21. The smallest absolute Gasteiger partial charge is 0.261 e. The van der Waals surface area contributed by atoms with Crippen molar-refractivity contribution in [2.75, 3.05) is 19.0 Å². The van der Waals surface area contributed by atoms with Crippen LogP contribution in [0.15, 0.2) is 36.5 Å². The van der Waals surface area contributed by atoms with Crippen LogP contribution in [0.2, 0.25) is 0 Å². The Morgan fingerprint density at radius 3 is 2.63 bits per heavy atom. The molecule has 0 unspecified atom stereocenters. The fourth-order valence-corrected chi connectivity index (χ4v) is 3.72. The van der Waals surface area contributed by atoms with E-state index in [0.29, 0.717) is 39.4 Å². The van der Waals surface area contributed by atoms with Gasteiger partial charge in [-0.15, -0.1) is 11.3 Å². The van der Waals surface area contributed by atoms with Gasteiger partial charge in [-0.05, 0) is 30.7 Å². The molecule has 0 fully saturated rings. The maximum atomic E-state index is 12.2.